The zero-order valence-electron chi connectivity index (χ0n) is 11.3. The zero-order valence-corrected chi connectivity index (χ0v) is 12.9. The molecule has 0 aliphatic heterocycles. The minimum absolute atomic E-state index is 0.340. The van der Waals surface area contributed by atoms with E-state index in [9.17, 15) is 8.42 Å². The number of nitrogens with one attached hydrogen (secondary N) is 1. The first-order valence-corrected chi connectivity index (χ1v) is 8.07. The van der Waals surface area contributed by atoms with E-state index in [1.807, 2.05) is 13.0 Å². The SMILES string of the molecule is Cc1ccc(S(=O)(=O)NCCCCC(N)=S)c(C)c1. The summed E-state index contributed by atoms with van der Waals surface area (Å²) in [7, 11) is -3.42. The Bertz CT molecular complexity index is 554. The van der Waals surface area contributed by atoms with E-state index in [1.54, 1.807) is 19.1 Å². The zero-order chi connectivity index (χ0) is 14.5. The third-order valence-electron chi connectivity index (χ3n) is 2.76. The smallest absolute Gasteiger partial charge is 0.240 e. The van der Waals surface area contributed by atoms with Gasteiger partial charge in [-0.3, -0.25) is 0 Å². The summed E-state index contributed by atoms with van der Waals surface area (Å²) >= 11 is 4.76. The number of unbranched alkanes of at least 4 members (excludes halogenated alkanes) is 1. The van der Waals surface area contributed by atoms with Gasteiger partial charge in [-0.15, -0.1) is 0 Å². The number of benzene rings is 1. The lowest BCUT2D eigenvalue weighted by atomic mass is 10.2. The van der Waals surface area contributed by atoms with Crippen LogP contribution in [0.5, 0.6) is 0 Å². The number of thiocarbonyl (C=S) groups is 1. The summed E-state index contributed by atoms with van der Waals surface area (Å²) in [4.78, 5) is 0.810. The summed E-state index contributed by atoms with van der Waals surface area (Å²) in [5.74, 6) is 0. The molecule has 1 rings (SSSR count). The van der Waals surface area contributed by atoms with Crippen LogP contribution in [-0.4, -0.2) is 20.0 Å². The quantitative estimate of drug-likeness (QED) is 0.597. The molecular formula is C13H20N2O2S2. The van der Waals surface area contributed by atoms with Crippen LogP contribution < -0.4 is 10.5 Å². The van der Waals surface area contributed by atoms with E-state index in [1.165, 1.54) is 0 Å². The molecule has 0 bridgehead atoms. The Labute approximate surface area is 120 Å². The number of hydrogen-bond acceptors (Lipinski definition) is 3. The molecule has 0 unspecified atom stereocenters. The van der Waals surface area contributed by atoms with E-state index in [4.69, 9.17) is 18.0 Å². The van der Waals surface area contributed by atoms with Gasteiger partial charge in [-0.05, 0) is 44.7 Å². The van der Waals surface area contributed by atoms with E-state index in [2.05, 4.69) is 4.72 Å². The Kier molecular flexibility index (Phi) is 5.90. The van der Waals surface area contributed by atoms with Gasteiger partial charge >= 0.3 is 0 Å². The van der Waals surface area contributed by atoms with Crippen molar-refractivity contribution in [3.63, 3.8) is 0 Å². The predicted molar refractivity (Wildman–Crippen MR) is 81.7 cm³/mol. The molecule has 3 N–H and O–H groups in total. The molecular weight excluding hydrogens is 280 g/mol. The number of hydrogen-bond donors (Lipinski definition) is 2. The van der Waals surface area contributed by atoms with Gasteiger partial charge in [0.2, 0.25) is 10.0 Å². The van der Waals surface area contributed by atoms with Crippen molar-refractivity contribution >= 4 is 27.2 Å². The average molecular weight is 300 g/mol. The molecule has 19 heavy (non-hydrogen) atoms. The third kappa shape index (κ3) is 5.26. The molecule has 0 atom stereocenters. The highest BCUT2D eigenvalue weighted by molar-refractivity contribution is 7.89. The standard InChI is InChI=1S/C13H20N2O2S2/c1-10-6-7-12(11(2)9-10)19(16,17)15-8-4-3-5-13(14)18/h6-7,9,15H,3-5,8H2,1-2H3,(H2,14,18). The molecule has 0 amide bonds. The van der Waals surface area contributed by atoms with Crippen molar-refractivity contribution in [3.8, 4) is 0 Å². The fraction of sp³-hybridized carbons (Fsp3) is 0.462. The van der Waals surface area contributed by atoms with Gasteiger partial charge in [0, 0.05) is 6.54 Å². The second kappa shape index (κ2) is 6.98. The number of sulfonamides is 1. The number of aryl methyl sites for hydroxylation is 2. The van der Waals surface area contributed by atoms with Crippen LogP contribution >= 0.6 is 12.2 Å². The Morgan fingerprint density at radius 3 is 2.58 bits per heavy atom. The number of nitrogens with two attached hydrogens (primary N) is 1. The maximum absolute atomic E-state index is 12.1. The fourth-order valence-corrected chi connectivity index (χ4v) is 3.25. The Morgan fingerprint density at radius 2 is 2.00 bits per heavy atom. The van der Waals surface area contributed by atoms with E-state index in [0.29, 0.717) is 22.8 Å². The minimum atomic E-state index is -3.42. The first-order valence-electron chi connectivity index (χ1n) is 6.18. The molecule has 1 aromatic carbocycles. The molecule has 106 valence electrons. The van der Waals surface area contributed by atoms with E-state index in [0.717, 1.165) is 24.0 Å². The Hall–Kier alpha value is -0.980. The van der Waals surface area contributed by atoms with Gasteiger partial charge in [0.1, 0.15) is 0 Å². The molecule has 6 heteroatoms. The van der Waals surface area contributed by atoms with Gasteiger partial charge in [-0.25, -0.2) is 13.1 Å². The highest BCUT2D eigenvalue weighted by Gasteiger charge is 2.15. The van der Waals surface area contributed by atoms with E-state index < -0.39 is 10.0 Å². The lowest BCUT2D eigenvalue weighted by molar-refractivity contribution is 0.577. The maximum Gasteiger partial charge on any atom is 0.240 e. The summed E-state index contributed by atoms with van der Waals surface area (Å²) in [5, 5.41) is 0. The van der Waals surface area contributed by atoms with E-state index in [-0.39, 0.29) is 0 Å². The minimum Gasteiger partial charge on any atom is -0.393 e. The summed E-state index contributed by atoms with van der Waals surface area (Å²) < 4.78 is 26.8. The summed E-state index contributed by atoms with van der Waals surface area (Å²) in [6.45, 7) is 4.14. The summed E-state index contributed by atoms with van der Waals surface area (Å²) in [5.41, 5.74) is 7.19. The normalized spacial score (nSPS) is 11.5. The van der Waals surface area contributed by atoms with Crippen molar-refractivity contribution in [2.45, 2.75) is 38.0 Å². The van der Waals surface area contributed by atoms with Crippen LogP contribution in [0.25, 0.3) is 0 Å². The first-order chi connectivity index (χ1) is 8.83. The molecule has 0 heterocycles. The average Bonchev–Trinajstić information content (AvgIpc) is 2.27. The second-order valence-electron chi connectivity index (χ2n) is 4.59. The van der Waals surface area contributed by atoms with E-state index >= 15 is 0 Å². The Balaban J connectivity index is 2.59. The van der Waals surface area contributed by atoms with Gasteiger partial charge in [0.25, 0.3) is 0 Å². The van der Waals surface area contributed by atoms with Crippen LogP contribution in [-0.2, 0) is 10.0 Å². The molecule has 0 saturated carbocycles. The predicted octanol–water partition coefficient (Wildman–Crippen LogP) is 2.04. The van der Waals surface area contributed by atoms with Gasteiger partial charge in [-0.1, -0.05) is 29.9 Å². The molecule has 0 spiro atoms. The van der Waals surface area contributed by atoms with Gasteiger partial charge in [0.15, 0.2) is 0 Å². The molecule has 0 radical (unpaired) electrons. The molecule has 1 aromatic rings. The van der Waals surface area contributed by atoms with Crippen molar-refractivity contribution in [2.75, 3.05) is 6.54 Å². The second-order valence-corrected chi connectivity index (χ2v) is 6.85. The molecule has 4 nitrogen and oxygen atoms in total. The highest BCUT2D eigenvalue weighted by atomic mass is 32.2. The monoisotopic (exact) mass is 300 g/mol. The lowest BCUT2D eigenvalue weighted by Gasteiger charge is -2.09. The highest BCUT2D eigenvalue weighted by Crippen LogP contribution is 2.16. The van der Waals surface area contributed by atoms with Gasteiger partial charge in [-0.2, -0.15) is 0 Å². The van der Waals surface area contributed by atoms with Crippen LogP contribution in [0.2, 0.25) is 0 Å². The van der Waals surface area contributed by atoms with Crippen LogP contribution in [0.15, 0.2) is 23.1 Å². The largest absolute Gasteiger partial charge is 0.393 e. The number of rotatable bonds is 7. The van der Waals surface area contributed by atoms with Crippen molar-refractivity contribution in [1.29, 1.82) is 0 Å². The summed E-state index contributed by atoms with van der Waals surface area (Å²) in [6.07, 6.45) is 2.17. The molecule has 0 fully saturated rings. The van der Waals surface area contributed by atoms with Crippen LogP contribution in [0.1, 0.15) is 30.4 Å². The summed E-state index contributed by atoms with van der Waals surface area (Å²) in [6, 6.07) is 5.30. The van der Waals surface area contributed by atoms with Crippen molar-refractivity contribution in [2.24, 2.45) is 5.73 Å². The van der Waals surface area contributed by atoms with Crippen LogP contribution in [0, 0.1) is 13.8 Å². The third-order valence-corrected chi connectivity index (χ3v) is 4.59. The van der Waals surface area contributed by atoms with Crippen molar-refractivity contribution in [3.05, 3.63) is 29.3 Å². The molecule has 0 aliphatic carbocycles. The Morgan fingerprint density at radius 1 is 1.32 bits per heavy atom. The van der Waals surface area contributed by atoms with Gasteiger partial charge < -0.3 is 5.73 Å². The molecule has 0 saturated heterocycles. The first kappa shape index (κ1) is 16.1. The van der Waals surface area contributed by atoms with Crippen LogP contribution in [0.4, 0.5) is 0 Å². The maximum atomic E-state index is 12.1. The van der Waals surface area contributed by atoms with Crippen molar-refractivity contribution < 1.29 is 8.42 Å². The van der Waals surface area contributed by atoms with Crippen LogP contribution in [0.3, 0.4) is 0 Å². The topological polar surface area (TPSA) is 72.2 Å². The van der Waals surface area contributed by atoms with Crippen molar-refractivity contribution in [1.82, 2.24) is 4.72 Å². The lowest BCUT2D eigenvalue weighted by Crippen LogP contribution is -2.25. The fourth-order valence-electron chi connectivity index (χ4n) is 1.81. The molecule has 0 aliphatic rings. The molecule has 0 aromatic heterocycles. The van der Waals surface area contributed by atoms with Gasteiger partial charge in [0.05, 0.1) is 9.88 Å².